The Morgan fingerprint density at radius 2 is 1.95 bits per heavy atom. The number of carbonyl (C=O) groups is 1. The third-order valence-electron chi connectivity index (χ3n) is 4.40. The number of carbonyl (C=O) groups excluding carboxylic acids is 1. The van der Waals surface area contributed by atoms with Crippen molar-refractivity contribution in [1.82, 2.24) is 10.6 Å². The minimum Gasteiger partial charge on any atom is -0.352 e. The Hall–Kier alpha value is -0.570. The summed E-state index contributed by atoms with van der Waals surface area (Å²) in [6, 6.07) is 0.698. The van der Waals surface area contributed by atoms with Gasteiger partial charge in [-0.25, -0.2) is 0 Å². The highest BCUT2D eigenvalue weighted by molar-refractivity contribution is 5.81. The number of amides is 1. The largest absolute Gasteiger partial charge is 0.352 e. The summed E-state index contributed by atoms with van der Waals surface area (Å²) in [5, 5.41) is 6.62. The summed E-state index contributed by atoms with van der Waals surface area (Å²) in [5.74, 6) is 1.65. The molecule has 0 spiro atoms. The van der Waals surface area contributed by atoms with E-state index in [0.29, 0.717) is 12.0 Å². The second-order valence-corrected chi connectivity index (χ2v) is 6.59. The van der Waals surface area contributed by atoms with Crippen LogP contribution >= 0.6 is 0 Å². The summed E-state index contributed by atoms with van der Waals surface area (Å²) in [5.41, 5.74) is 0. The van der Waals surface area contributed by atoms with Gasteiger partial charge >= 0.3 is 0 Å². The van der Waals surface area contributed by atoms with Crippen LogP contribution in [0.4, 0.5) is 0 Å². The molecule has 1 aliphatic rings. The molecular weight excluding hydrogens is 236 g/mol. The van der Waals surface area contributed by atoms with E-state index in [-0.39, 0.29) is 18.0 Å². The van der Waals surface area contributed by atoms with Crippen molar-refractivity contribution in [1.29, 1.82) is 0 Å². The van der Waals surface area contributed by atoms with Crippen molar-refractivity contribution in [3.05, 3.63) is 0 Å². The lowest BCUT2D eigenvalue weighted by Crippen LogP contribution is -2.51. The van der Waals surface area contributed by atoms with Gasteiger partial charge in [-0.3, -0.25) is 4.79 Å². The monoisotopic (exact) mass is 268 g/mol. The molecule has 1 fully saturated rings. The van der Waals surface area contributed by atoms with Crippen molar-refractivity contribution in [3.8, 4) is 0 Å². The maximum Gasteiger partial charge on any atom is 0.237 e. The van der Waals surface area contributed by atoms with Crippen LogP contribution in [0.25, 0.3) is 0 Å². The smallest absolute Gasteiger partial charge is 0.237 e. The first-order valence-electron chi connectivity index (χ1n) is 8.00. The van der Waals surface area contributed by atoms with Gasteiger partial charge in [0, 0.05) is 12.1 Å². The van der Waals surface area contributed by atoms with Gasteiger partial charge < -0.3 is 10.6 Å². The summed E-state index contributed by atoms with van der Waals surface area (Å²) in [7, 11) is 0. The Morgan fingerprint density at radius 1 is 1.26 bits per heavy atom. The van der Waals surface area contributed by atoms with Crippen LogP contribution < -0.4 is 10.6 Å². The van der Waals surface area contributed by atoms with Crippen LogP contribution in [-0.2, 0) is 4.79 Å². The number of rotatable bonds is 6. The van der Waals surface area contributed by atoms with Crippen LogP contribution in [0.3, 0.4) is 0 Å². The molecule has 0 aliphatic heterocycles. The second-order valence-electron chi connectivity index (χ2n) is 6.59. The zero-order valence-corrected chi connectivity index (χ0v) is 13.3. The molecule has 3 heteroatoms. The molecule has 1 amide bonds. The molecule has 1 rings (SSSR count). The summed E-state index contributed by atoms with van der Waals surface area (Å²) in [6.45, 7) is 10.8. The van der Waals surface area contributed by atoms with Gasteiger partial charge in [0.2, 0.25) is 5.91 Å². The highest BCUT2D eigenvalue weighted by Crippen LogP contribution is 2.28. The van der Waals surface area contributed by atoms with Gasteiger partial charge in [0.15, 0.2) is 0 Å². The van der Waals surface area contributed by atoms with Crippen LogP contribution in [-0.4, -0.2) is 24.0 Å². The molecule has 2 N–H and O–H groups in total. The van der Waals surface area contributed by atoms with Crippen molar-refractivity contribution >= 4 is 5.91 Å². The minimum absolute atomic E-state index is 0.0832. The predicted octanol–water partition coefficient (Wildman–Crippen LogP) is 3.09. The standard InChI is InChI=1S/C16H32N2O/c1-6-7-13(4)17-16(19)14(5)18-15-9-8-11(2)10-12(15)3/h11-15,18H,6-10H2,1-5H3,(H,17,19). The quantitative estimate of drug-likeness (QED) is 0.777. The molecule has 5 atom stereocenters. The molecule has 19 heavy (non-hydrogen) atoms. The molecule has 1 aliphatic carbocycles. The summed E-state index contributed by atoms with van der Waals surface area (Å²) in [4.78, 5) is 12.1. The van der Waals surface area contributed by atoms with Crippen LogP contribution in [0.2, 0.25) is 0 Å². The van der Waals surface area contributed by atoms with Crippen LogP contribution in [0.15, 0.2) is 0 Å². The van der Waals surface area contributed by atoms with Gasteiger partial charge in [-0.05, 0) is 51.4 Å². The Kier molecular flexibility index (Phi) is 6.84. The van der Waals surface area contributed by atoms with E-state index < -0.39 is 0 Å². The molecule has 1 saturated carbocycles. The molecule has 0 aromatic heterocycles. The van der Waals surface area contributed by atoms with Gasteiger partial charge in [-0.2, -0.15) is 0 Å². The average molecular weight is 268 g/mol. The molecule has 5 unspecified atom stereocenters. The van der Waals surface area contributed by atoms with Crippen LogP contribution in [0.1, 0.15) is 66.7 Å². The Bertz CT molecular complexity index is 280. The predicted molar refractivity (Wildman–Crippen MR) is 81.1 cm³/mol. The zero-order valence-electron chi connectivity index (χ0n) is 13.3. The van der Waals surface area contributed by atoms with Gasteiger partial charge in [0.25, 0.3) is 0 Å². The van der Waals surface area contributed by atoms with Crippen molar-refractivity contribution in [3.63, 3.8) is 0 Å². The van der Waals surface area contributed by atoms with Gasteiger partial charge in [-0.1, -0.05) is 27.2 Å². The van der Waals surface area contributed by atoms with Crippen molar-refractivity contribution < 1.29 is 4.79 Å². The van der Waals surface area contributed by atoms with E-state index in [1.54, 1.807) is 0 Å². The Balaban J connectivity index is 2.37. The van der Waals surface area contributed by atoms with E-state index in [4.69, 9.17) is 0 Å². The van der Waals surface area contributed by atoms with Crippen molar-refractivity contribution in [2.24, 2.45) is 11.8 Å². The normalized spacial score (nSPS) is 30.7. The number of hydrogen-bond donors (Lipinski definition) is 2. The van der Waals surface area contributed by atoms with Gasteiger partial charge in [0.1, 0.15) is 0 Å². The molecule has 0 aromatic rings. The first-order valence-corrected chi connectivity index (χ1v) is 8.00. The molecule has 0 saturated heterocycles. The molecule has 3 nitrogen and oxygen atoms in total. The third kappa shape index (κ3) is 5.52. The van der Waals surface area contributed by atoms with E-state index in [9.17, 15) is 4.79 Å². The molecule has 0 bridgehead atoms. The average Bonchev–Trinajstić information content (AvgIpc) is 2.32. The second kappa shape index (κ2) is 7.88. The summed E-state index contributed by atoms with van der Waals surface area (Å²) in [6.07, 6.45) is 5.92. The number of nitrogens with one attached hydrogen (secondary N) is 2. The van der Waals surface area contributed by atoms with Gasteiger partial charge in [0.05, 0.1) is 6.04 Å². The first kappa shape index (κ1) is 16.5. The van der Waals surface area contributed by atoms with E-state index in [1.807, 2.05) is 6.92 Å². The van der Waals surface area contributed by atoms with Crippen LogP contribution in [0.5, 0.6) is 0 Å². The molecule has 0 radical (unpaired) electrons. The highest BCUT2D eigenvalue weighted by atomic mass is 16.2. The fourth-order valence-corrected chi connectivity index (χ4v) is 3.18. The fraction of sp³-hybridized carbons (Fsp3) is 0.938. The molecular formula is C16H32N2O. The maximum absolute atomic E-state index is 12.1. The molecule has 112 valence electrons. The maximum atomic E-state index is 12.1. The summed E-state index contributed by atoms with van der Waals surface area (Å²) < 4.78 is 0. The lowest BCUT2D eigenvalue weighted by atomic mass is 9.79. The molecule has 0 heterocycles. The lowest BCUT2D eigenvalue weighted by molar-refractivity contribution is -0.123. The lowest BCUT2D eigenvalue weighted by Gasteiger charge is -2.35. The van der Waals surface area contributed by atoms with E-state index in [0.717, 1.165) is 18.8 Å². The highest BCUT2D eigenvalue weighted by Gasteiger charge is 2.27. The first-order chi connectivity index (χ1) is 8.93. The van der Waals surface area contributed by atoms with E-state index in [1.165, 1.54) is 19.3 Å². The zero-order chi connectivity index (χ0) is 14.4. The van der Waals surface area contributed by atoms with E-state index >= 15 is 0 Å². The van der Waals surface area contributed by atoms with Crippen LogP contribution in [0, 0.1) is 11.8 Å². The topological polar surface area (TPSA) is 41.1 Å². The number of hydrogen-bond acceptors (Lipinski definition) is 2. The molecule has 0 aromatic carbocycles. The van der Waals surface area contributed by atoms with Gasteiger partial charge in [-0.15, -0.1) is 0 Å². The Morgan fingerprint density at radius 3 is 2.53 bits per heavy atom. The fourth-order valence-electron chi connectivity index (χ4n) is 3.18. The minimum atomic E-state index is -0.0832. The Labute approximate surface area is 118 Å². The SMILES string of the molecule is CCCC(C)NC(=O)C(C)NC1CCC(C)CC1C. The van der Waals surface area contributed by atoms with E-state index in [2.05, 4.69) is 38.3 Å². The summed E-state index contributed by atoms with van der Waals surface area (Å²) >= 11 is 0. The van der Waals surface area contributed by atoms with Crippen molar-refractivity contribution in [2.75, 3.05) is 0 Å². The third-order valence-corrected chi connectivity index (χ3v) is 4.40. The van der Waals surface area contributed by atoms with Crippen molar-refractivity contribution in [2.45, 2.75) is 84.8 Å².